The summed E-state index contributed by atoms with van der Waals surface area (Å²) in [6, 6.07) is 0. The SMILES string of the molecule is Br.Br.[Na+].[Na+].[O-][O-]. The molecule has 0 spiro atoms. The fourth-order valence-corrected chi connectivity index (χ4v) is 0. The predicted molar refractivity (Wildman–Crippen MR) is 20.6 cm³/mol. The van der Waals surface area contributed by atoms with Gasteiger partial charge in [0.15, 0.2) is 0 Å². The molecule has 30 valence electrons. The van der Waals surface area contributed by atoms with E-state index in [4.69, 9.17) is 10.5 Å². The minimum Gasteiger partial charge on any atom is -1.00 e. The molecule has 0 atom stereocenters. The number of hydrogen-bond acceptors (Lipinski definition) is 2. The van der Waals surface area contributed by atoms with Gasteiger partial charge < -0.3 is 10.5 Å². The van der Waals surface area contributed by atoms with Crippen molar-refractivity contribution in [3.63, 3.8) is 0 Å². The molecule has 0 saturated carbocycles. The van der Waals surface area contributed by atoms with Gasteiger partial charge in [-0.3, -0.25) is 0 Å². The van der Waals surface area contributed by atoms with Crippen molar-refractivity contribution in [3.05, 3.63) is 0 Å². The van der Waals surface area contributed by atoms with E-state index in [1.807, 2.05) is 0 Å². The van der Waals surface area contributed by atoms with Crippen molar-refractivity contribution in [2.24, 2.45) is 0 Å². The van der Waals surface area contributed by atoms with Crippen LogP contribution in [-0.4, -0.2) is 0 Å². The molecular formula is H2Br2Na2O2. The molecule has 0 radical (unpaired) electrons. The van der Waals surface area contributed by atoms with Gasteiger partial charge in [0.2, 0.25) is 0 Å². The van der Waals surface area contributed by atoms with Crippen LogP contribution in [0.5, 0.6) is 0 Å². The second-order valence-corrected chi connectivity index (χ2v) is 0. The minimum atomic E-state index is 0. The van der Waals surface area contributed by atoms with Gasteiger partial charge in [-0.25, -0.2) is 0 Å². The monoisotopic (exact) mass is 238 g/mol. The summed E-state index contributed by atoms with van der Waals surface area (Å²) in [5.41, 5.74) is 0. The van der Waals surface area contributed by atoms with E-state index in [-0.39, 0.29) is 93.1 Å². The normalized spacial score (nSPS) is 1.00. The van der Waals surface area contributed by atoms with Gasteiger partial charge in [0.25, 0.3) is 0 Å². The predicted octanol–water partition coefficient (Wildman–Crippen LogP) is -7.21. The standard InChI is InChI=1S/2BrH.2Na.O2/c;;;;1-2/h2*1H;;;/q;;2*+1;-2. The van der Waals surface area contributed by atoms with Crippen LogP contribution in [0.3, 0.4) is 0 Å². The third kappa shape index (κ3) is 28.7. The maximum absolute atomic E-state index is 7.00. The molecule has 0 amide bonds. The van der Waals surface area contributed by atoms with Crippen molar-refractivity contribution in [1.29, 1.82) is 0 Å². The molecule has 0 aromatic heterocycles. The first-order valence-electron chi connectivity index (χ1n) is 0.167. The van der Waals surface area contributed by atoms with Crippen molar-refractivity contribution in [3.8, 4) is 0 Å². The molecule has 6 heteroatoms. The molecule has 0 aliphatic heterocycles. The quantitative estimate of drug-likeness (QED) is 0.240. The molecule has 0 fully saturated rings. The number of halogens is 2. The average Bonchev–Trinajstić information content (AvgIpc) is 1.00. The molecule has 6 heavy (non-hydrogen) atoms. The molecular weight excluding hydrogens is 238 g/mol. The summed E-state index contributed by atoms with van der Waals surface area (Å²) < 4.78 is 0. The van der Waals surface area contributed by atoms with Crippen LogP contribution in [0.1, 0.15) is 0 Å². The molecule has 0 aromatic rings. The Morgan fingerprint density at radius 1 is 0.667 bits per heavy atom. The zero-order valence-electron chi connectivity index (χ0n) is 3.63. The second-order valence-electron chi connectivity index (χ2n) is 0. The van der Waals surface area contributed by atoms with Crippen LogP contribution in [0.4, 0.5) is 0 Å². The molecule has 0 aliphatic carbocycles. The van der Waals surface area contributed by atoms with Crippen molar-refractivity contribution < 1.29 is 69.6 Å². The van der Waals surface area contributed by atoms with Gasteiger partial charge >= 0.3 is 59.1 Å². The Balaban J connectivity index is -0.000000000833. The van der Waals surface area contributed by atoms with E-state index >= 15 is 0 Å². The largest absolute Gasteiger partial charge is 1.00 e. The van der Waals surface area contributed by atoms with E-state index in [0.717, 1.165) is 0 Å². The molecule has 0 bridgehead atoms. The van der Waals surface area contributed by atoms with E-state index in [1.165, 1.54) is 0 Å². The van der Waals surface area contributed by atoms with Crippen molar-refractivity contribution in [2.45, 2.75) is 0 Å². The molecule has 2 nitrogen and oxygen atoms in total. The summed E-state index contributed by atoms with van der Waals surface area (Å²) in [4.78, 5) is 0. The Hall–Kier alpha value is 2.88. The Kier molecular flexibility index (Phi) is 275. The minimum absolute atomic E-state index is 0. The van der Waals surface area contributed by atoms with Gasteiger partial charge in [0, 0.05) is 0 Å². The first kappa shape index (κ1) is 36.6. The van der Waals surface area contributed by atoms with Gasteiger partial charge in [-0.1, -0.05) is 0 Å². The summed E-state index contributed by atoms with van der Waals surface area (Å²) in [7, 11) is 0. The summed E-state index contributed by atoms with van der Waals surface area (Å²) in [5.74, 6) is 0. The van der Waals surface area contributed by atoms with Crippen molar-refractivity contribution in [2.75, 3.05) is 0 Å². The van der Waals surface area contributed by atoms with Crippen molar-refractivity contribution in [1.82, 2.24) is 0 Å². The van der Waals surface area contributed by atoms with Gasteiger partial charge in [0.1, 0.15) is 0 Å². The summed E-state index contributed by atoms with van der Waals surface area (Å²) >= 11 is 0. The summed E-state index contributed by atoms with van der Waals surface area (Å²) in [6.07, 6.45) is 0. The Morgan fingerprint density at radius 3 is 0.667 bits per heavy atom. The number of rotatable bonds is 0. The smallest absolute Gasteiger partial charge is 1.00 e. The van der Waals surface area contributed by atoms with E-state index in [0.29, 0.717) is 0 Å². The van der Waals surface area contributed by atoms with Gasteiger partial charge in [-0.2, -0.15) is 0 Å². The Morgan fingerprint density at radius 2 is 0.667 bits per heavy atom. The third-order valence-electron chi connectivity index (χ3n) is 0. The molecule has 0 saturated heterocycles. The summed E-state index contributed by atoms with van der Waals surface area (Å²) in [5, 5.41) is 14.0. The van der Waals surface area contributed by atoms with Crippen LogP contribution in [-0.2, 0) is 0 Å². The van der Waals surface area contributed by atoms with Crippen LogP contribution >= 0.6 is 34.0 Å². The fraction of sp³-hybridized carbons (Fsp3) is 0. The van der Waals surface area contributed by atoms with E-state index in [1.54, 1.807) is 0 Å². The maximum Gasteiger partial charge on any atom is 1.00 e. The average molecular weight is 240 g/mol. The molecule has 0 N–H and O–H groups in total. The van der Waals surface area contributed by atoms with E-state index in [2.05, 4.69) is 0 Å². The van der Waals surface area contributed by atoms with Crippen LogP contribution < -0.4 is 69.6 Å². The zero-order valence-corrected chi connectivity index (χ0v) is 11.1. The first-order chi connectivity index (χ1) is 1.00. The molecule has 0 aromatic carbocycles. The first-order valence-corrected chi connectivity index (χ1v) is 0.167. The van der Waals surface area contributed by atoms with E-state index in [9.17, 15) is 0 Å². The van der Waals surface area contributed by atoms with Gasteiger partial charge in [-0.15, -0.1) is 34.0 Å². The van der Waals surface area contributed by atoms with Crippen LogP contribution in [0.25, 0.3) is 0 Å². The molecule has 0 heterocycles. The van der Waals surface area contributed by atoms with E-state index < -0.39 is 0 Å². The number of hydrogen-bond donors (Lipinski definition) is 0. The molecule has 0 rings (SSSR count). The van der Waals surface area contributed by atoms with Crippen LogP contribution in [0.15, 0.2) is 0 Å². The van der Waals surface area contributed by atoms with Crippen LogP contribution in [0.2, 0.25) is 0 Å². The molecule has 0 aliphatic rings. The Bertz CT molecular complexity index is 9.51. The molecule has 0 unspecified atom stereocenters. The second kappa shape index (κ2) is 45.0. The van der Waals surface area contributed by atoms with Gasteiger partial charge in [-0.05, 0) is 0 Å². The third-order valence-corrected chi connectivity index (χ3v) is 0. The Labute approximate surface area is 102 Å². The zero-order chi connectivity index (χ0) is 2.00. The van der Waals surface area contributed by atoms with Crippen LogP contribution in [0, 0.1) is 0 Å². The topological polar surface area (TPSA) is 46.1 Å². The van der Waals surface area contributed by atoms with Gasteiger partial charge in [0.05, 0.1) is 0 Å². The fourth-order valence-electron chi connectivity index (χ4n) is 0. The maximum atomic E-state index is 7.00. The summed E-state index contributed by atoms with van der Waals surface area (Å²) in [6.45, 7) is 0. The van der Waals surface area contributed by atoms with Crippen molar-refractivity contribution >= 4 is 34.0 Å².